The maximum absolute atomic E-state index is 12.8. The summed E-state index contributed by atoms with van der Waals surface area (Å²) < 4.78 is 37.5. The Morgan fingerprint density at radius 3 is 2.58 bits per heavy atom. The molecule has 2 aliphatic heterocycles. The second-order valence-corrected chi connectivity index (χ2v) is 8.58. The summed E-state index contributed by atoms with van der Waals surface area (Å²) in [5.74, 6) is 0.311. The number of sulfonamides is 1. The number of piperidine rings is 1. The Bertz CT molecular complexity index is 723. The predicted octanol–water partition coefficient (Wildman–Crippen LogP) is 2.06. The van der Waals surface area contributed by atoms with Gasteiger partial charge < -0.3 is 14.4 Å². The van der Waals surface area contributed by atoms with Crippen LogP contribution in [0.4, 0.5) is 5.69 Å². The van der Waals surface area contributed by atoms with Crippen LogP contribution in [-0.4, -0.2) is 57.6 Å². The number of likely N-dealkylation sites (tertiary alicyclic amines) is 1. The highest BCUT2D eigenvalue weighted by atomic mass is 32.2. The summed E-state index contributed by atoms with van der Waals surface area (Å²) in [7, 11) is -3.37. The third-order valence-electron chi connectivity index (χ3n) is 4.72. The molecule has 0 bridgehead atoms. The molecule has 2 aliphatic rings. The van der Waals surface area contributed by atoms with E-state index < -0.39 is 10.0 Å². The first-order valence-electron chi connectivity index (χ1n) is 9.11. The van der Waals surface area contributed by atoms with Crippen LogP contribution in [-0.2, 0) is 19.5 Å². The van der Waals surface area contributed by atoms with Gasteiger partial charge in [0.2, 0.25) is 10.0 Å². The molecule has 26 heavy (non-hydrogen) atoms. The van der Waals surface area contributed by atoms with Crippen molar-refractivity contribution >= 4 is 21.6 Å². The van der Waals surface area contributed by atoms with E-state index in [2.05, 4.69) is 4.72 Å². The van der Waals surface area contributed by atoms with E-state index in [-0.39, 0.29) is 18.0 Å². The van der Waals surface area contributed by atoms with Crippen LogP contribution in [0.25, 0.3) is 0 Å². The topological polar surface area (TPSA) is 84.9 Å². The zero-order chi connectivity index (χ0) is 18.6. The first-order valence-corrected chi connectivity index (χ1v) is 10.8. The molecule has 0 saturated carbocycles. The first-order chi connectivity index (χ1) is 12.5. The van der Waals surface area contributed by atoms with Crippen LogP contribution in [0.3, 0.4) is 0 Å². The van der Waals surface area contributed by atoms with Gasteiger partial charge in [0.1, 0.15) is 0 Å². The van der Waals surface area contributed by atoms with Gasteiger partial charge >= 0.3 is 0 Å². The molecule has 0 radical (unpaired) electrons. The van der Waals surface area contributed by atoms with Crippen LogP contribution in [0.15, 0.2) is 24.3 Å². The average Bonchev–Trinajstić information content (AvgIpc) is 3.15. The number of benzene rings is 1. The molecule has 0 spiro atoms. The van der Waals surface area contributed by atoms with E-state index in [4.69, 9.17) is 9.47 Å². The van der Waals surface area contributed by atoms with Crippen molar-refractivity contribution in [1.82, 2.24) is 4.90 Å². The van der Waals surface area contributed by atoms with Gasteiger partial charge in [0.05, 0.1) is 19.0 Å². The van der Waals surface area contributed by atoms with Gasteiger partial charge in [-0.1, -0.05) is 13.0 Å². The molecule has 2 fully saturated rings. The zero-order valence-corrected chi connectivity index (χ0v) is 15.8. The molecule has 0 aromatic heterocycles. The molecule has 7 nitrogen and oxygen atoms in total. The third-order valence-corrected chi connectivity index (χ3v) is 6.21. The number of hydrogen-bond donors (Lipinski definition) is 1. The average molecular weight is 382 g/mol. The van der Waals surface area contributed by atoms with E-state index in [1.165, 1.54) is 0 Å². The fourth-order valence-corrected chi connectivity index (χ4v) is 4.55. The standard InChI is InChI=1S/C18H26N2O5S/c1-2-12-26(22,23)19-16-5-3-4-15(13-16)17(21)20-8-6-14(7-9-20)18-24-10-11-25-18/h3-5,13-14,18-19H,2,6-12H2,1H3. The van der Waals surface area contributed by atoms with Gasteiger partial charge in [0, 0.05) is 30.3 Å². The van der Waals surface area contributed by atoms with Crippen molar-refractivity contribution in [2.45, 2.75) is 32.5 Å². The lowest BCUT2D eigenvalue weighted by Crippen LogP contribution is -2.41. The lowest BCUT2D eigenvalue weighted by Gasteiger charge is -2.34. The van der Waals surface area contributed by atoms with Gasteiger partial charge in [0.15, 0.2) is 6.29 Å². The Labute approximate surface area is 154 Å². The SMILES string of the molecule is CCCS(=O)(=O)Nc1cccc(C(=O)N2CCC(C3OCCO3)CC2)c1. The lowest BCUT2D eigenvalue weighted by atomic mass is 9.95. The van der Waals surface area contributed by atoms with Crippen LogP contribution < -0.4 is 4.72 Å². The van der Waals surface area contributed by atoms with E-state index in [1.54, 1.807) is 24.3 Å². The predicted molar refractivity (Wildman–Crippen MR) is 98.5 cm³/mol. The van der Waals surface area contributed by atoms with Crippen molar-refractivity contribution in [3.63, 3.8) is 0 Å². The maximum Gasteiger partial charge on any atom is 0.253 e. The molecular weight excluding hydrogens is 356 g/mol. The minimum Gasteiger partial charge on any atom is -0.350 e. The second kappa shape index (κ2) is 8.37. The number of rotatable bonds is 6. The molecule has 0 unspecified atom stereocenters. The Morgan fingerprint density at radius 2 is 1.92 bits per heavy atom. The number of nitrogens with zero attached hydrogens (tertiary/aromatic N) is 1. The molecule has 1 N–H and O–H groups in total. The van der Waals surface area contributed by atoms with Crippen molar-refractivity contribution in [2.24, 2.45) is 5.92 Å². The summed E-state index contributed by atoms with van der Waals surface area (Å²) in [6.07, 6.45) is 2.10. The summed E-state index contributed by atoms with van der Waals surface area (Å²) in [4.78, 5) is 14.6. The van der Waals surface area contributed by atoms with Crippen LogP contribution in [0.2, 0.25) is 0 Å². The van der Waals surface area contributed by atoms with Gasteiger partial charge in [-0.15, -0.1) is 0 Å². The normalized spacial score (nSPS) is 19.7. The Balaban J connectivity index is 1.60. The molecule has 8 heteroatoms. The number of carbonyl (C=O) groups is 1. The highest BCUT2D eigenvalue weighted by Gasteiger charge is 2.32. The van der Waals surface area contributed by atoms with E-state index in [1.807, 2.05) is 11.8 Å². The second-order valence-electron chi connectivity index (χ2n) is 6.74. The number of anilines is 1. The van der Waals surface area contributed by atoms with Crippen LogP contribution in [0.1, 0.15) is 36.5 Å². The van der Waals surface area contributed by atoms with Crippen molar-refractivity contribution in [3.8, 4) is 0 Å². The summed E-state index contributed by atoms with van der Waals surface area (Å²) in [6.45, 7) is 4.40. The van der Waals surface area contributed by atoms with Gasteiger partial charge in [-0.05, 0) is 37.5 Å². The number of nitrogens with one attached hydrogen (secondary N) is 1. The summed E-state index contributed by atoms with van der Waals surface area (Å²) in [6, 6.07) is 6.68. The highest BCUT2D eigenvalue weighted by Crippen LogP contribution is 2.27. The molecule has 0 aliphatic carbocycles. The fraction of sp³-hybridized carbons (Fsp3) is 0.611. The number of ether oxygens (including phenoxy) is 2. The van der Waals surface area contributed by atoms with Gasteiger partial charge in [-0.3, -0.25) is 9.52 Å². The van der Waals surface area contributed by atoms with E-state index in [0.717, 1.165) is 12.8 Å². The molecule has 1 aromatic carbocycles. The van der Waals surface area contributed by atoms with Gasteiger partial charge in [-0.2, -0.15) is 0 Å². The lowest BCUT2D eigenvalue weighted by molar-refractivity contribution is -0.0956. The van der Waals surface area contributed by atoms with E-state index in [0.29, 0.717) is 49.9 Å². The van der Waals surface area contributed by atoms with Crippen LogP contribution >= 0.6 is 0 Å². The van der Waals surface area contributed by atoms with Crippen molar-refractivity contribution in [2.75, 3.05) is 36.8 Å². The molecule has 144 valence electrons. The molecule has 1 amide bonds. The highest BCUT2D eigenvalue weighted by molar-refractivity contribution is 7.92. The van der Waals surface area contributed by atoms with Crippen LogP contribution in [0.5, 0.6) is 0 Å². The monoisotopic (exact) mass is 382 g/mol. The minimum absolute atomic E-state index is 0.0595. The first kappa shape index (κ1) is 19.1. The Kier molecular flexibility index (Phi) is 6.16. The van der Waals surface area contributed by atoms with E-state index in [9.17, 15) is 13.2 Å². The Morgan fingerprint density at radius 1 is 1.23 bits per heavy atom. The summed E-state index contributed by atoms with van der Waals surface area (Å²) in [5.41, 5.74) is 0.917. The zero-order valence-electron chi connectivity index (χ0n) is 15.0. The van der Waals surface area contributed by atoms with E-state index >= 15 is 0 Å². The maximum atomic E-state index is 12.8. The molecular formula is C18H26N2O5S. The summed E-state index contributed by atoms with van der Waals surface area (Å²) >= 11 is 0. The third kappa shape index (κ3) is 4.75. The molecule has 1 aromatic rings. The summed E-state index contributed by atoms with van der Waals surface area (Å²) in [5, 5.41) is 0. The smallest absolute Gasteiger partial charge is 0.253 e. The van der Waals surface area contributed by atoms with Gasteiger partial charge in [-0.25, -0.2) is 8.42 Å². The molecule has 3 rings (SSSR count). The fourth-order valence-electron chi connectivity index (χ4n) is 3.42. The number of hydrogen-bond acceptors (Lipinski definition) is 5. The van der Waals surface area contributed by atoms with Gasteiger partial charge in [0.25, 0.3) is 5.91 Å². The van der Waals surface area contributed by atoms with Crippen molar-refractivity contribution in [3.05, 3.63) is 29.8 Å². The molecule has 2 saturated heterocycles. The quantitative estimate of drug-likeness (QED) is 0.814. The van der Waals surface area contributed by atoms with Crippen LogP contribution in [0, 0.1) is 5.92 Å². The number of amides is 1. The number of carbonyl (C=O) groups excluding carboxylic acids is 1. The van der Waals surface area contributed by atoms with Crippen molar-refractivity contribution < 1.29 is 22.7 Å². The molecule has 2 heterocycles. The minimum atomic E-state index is -3.37. The largest absolute Gasteiger partial charge is 0.350 e. The van der Waals surface area contributed by atoms with Crippen molar-refractivity contribution in [1.29, 1.82) is 0 Å². The molecule has 0 atom stereocenters. The Hall–Kier alpha value is -1.64.